The first kappa shape index (κ1) is 9.03. The van der Waals surface area contributed by atoms with Crippen LogP contribution in [0.1, 0.15) is 22.5 Å². The molecule has 92 valence electrons. The maximum atomic E-state index is 8.07. The van der Waals surface area contributed by atoms with Crippen LogP contribution in [0.25, 0.3) is 11.1 Å². The molecular weight excluding hydrogens is 224 g/mol. The van der Waals surface area contributed by atoms with Gasteiger partial charge in [0.2, 0.25) is 6.29 Å². The summed E-state index contributed by atoms with van der Waals surface area (Å²) in [5.74, 6) is 1.31. The van der Waals surface area contributed by atoms with Crippen LogP contribution in [0.3, 0.4) is 0 Å². The van der Waals surface area contributed by atoms with Crippen LogP contribution < -0.4 is 9.47 Å². The summed E-state index contributed by atoms with van der Waals surface area (Å²) < 4.78 is 27.7. The van der Waals surface area contributed by atoms with E-state index in [9.17, 15) is 0 Å². The summed E-state index contributed by atoms with van der Waals surface area (Å²) in [7, 11) is 0. The number of ether oxygens (including phenoxy) is 2. The minimum absolute atomic E-state index is 0.321. The Morgan fingerprint density at radius 2 is 1.44 bits per heavy atom. The summed E-state index contributed by atoms with van der Waals surface area (Å²) in [6.07, 6.45) is -2.18. The third-order valence-corrected chi connectivity index (χ3v) is 2.90. The smallest absolute Gasteiger partial charge is 0.241 e. The van der Waals surface area contributed by atoms with Crippen LogP contribution in [0.4, 0.5) is 0 Å². The highest BCUT2D eigenvalue weighted by Crippen LogP contribution is 2.40. The largest absolute Gasteiger partial charge is 0.454 e. The summed E-state index contributed by atoms with van der Waals surface area (Å²) in [5, 5.41) is 0. The molecule has 2 aromatic rings. The number of hydrogen-bond donors (Lipinski definition) is 0. The number of rotatable bonds is 2. The van der Waals surface area contributed by atoms with Crippen LogP contribution in [0.2, 0.25) is 0 Å². The normalized spacial score (nSPS) is 16.3. The second kappa shape index (κ2) is 4.73. The van der Waals surface area contributed by atoms with Crippen molar-refractivity contribution in [3.05, 3.63) is 48.5 Å². The van der Waals surface area contributed by atoms with Crippen molar-refractivity contribution in [3.63, 3.8) is 0 Å². The standard InChI is InChI=1S/C16H16O2/c1-2-7-16-17-14-10-5-3-8-12(14)13-9-4-6-11-15(13)18-16/h3-6,8-11,16H,2,7H2,1H3/i7D2. The van der Waals surface area contributed by atoms with Gasteiger partial charge in [0, 0.05) is 20.2 Å². The van der Waals surface area contributed by atoms with Crippen molar-refractivity contribution in [2.75, 3.05) is 0 Å². The fourth-order valence-electron chi connectivity index (χ4n) is 2.09. The molecule has 0 saturated carbocycles. The monoisotopic (exact) mass is 242 g/mol. The Hall–Kier alpha value is -1.96. The molecule has 0 radical (unpaired) electrons. The Bertz CT molecular complexity index is 578. The molecule has 0 amide bonds. The Kier molecular flexibility index (Phi) is 2.37. The first-order valence-electron chi connectivity index (χ1n) is 7.13. The van der Waals surface area contributed by atoms with E-state index in [1.54, 1.807) is 6.92 Å². The van der Waals surface area contributed by atoms with Crippen molar-refractivity contribution < 1.29 is 12.2 Å². The lowest BCUT2D eigenvalue weighted by Crippen LogP contribution is -2.22. The van der Waals surface area contributed by atoms with Crippen molar-refractivity contribution in [2.24, 2.45) is 0 Å². The van der Waals surface area contributed by atoms with Gasteiger partial charge in [0.05, 0.1) is 0 Å². The number of fused-ring (bicyclic) bond motifs is 3. The van der Waals surface area contributed by atoms with E-state index in [0.29, 0.717) is 17.9 Å². The minimum Gasteiger partial charge on any atom is -0.454 e. The lowest BCUT2D eigenvalue weighted by atomic mass is 10.0. The van der Waals surface area contributed by atoms with Crippen molar-refractivity contribution in [1.29, 1.82) is 0 Å². The predicted octanol–water partition coefficient (Wildman–Crippen LogP) is 4.25. The van der Waals surface area contributed by atoms with Crippen LogP contribution in [-0.2, 0) is 0 Å². The van der Waals surface area contributed by atoms with Gasteiger partial charge in [-0.2, -0.15) is 0 Å². The second-order valence-electron chi connectivity index (χ2n) is 4.12. The first-order valence-corrected chi connectivity index (χ1v) is 6.13. The van der Waals surface area contributed by atoms with E-state index < -0.39 is 12.7 Å². The van der Waals surface area contributed by atoms with Gasteiger partial charge in [-0.15, -0.1) is 0 Å². The predicted molar refractivity (Wildman–Crippen MR) is 71.8 cm³/mol. The quantitative estimate of drug-likeness (QED) is 0.783. The number of para-hydroxylation sites is 2. The van der Waals surface area contributed by atoms with Crippen LogP contribution in [-0.4, -0.2) is 6.29 Å². The van der Waals surface area contributed by atoms with E-state index in [1.807, 2.05) is 48.5 Å². The third kappa shape index (κ3) is 1.94. The van der Waals surface area contributed by atoms with Gasteiger partial charge >= 0.3 is 0 Å². The molecule has 0 spiro atoms. The molecule has 2 aromatic carbocycles. The summed E-state index contributed by atoms with van der Waals surface area (Å²) >= 11 is 0. The average molecular weight is 242 g/mol. The van der Waals surface area contributed by atoms with E-state index in [4.69, 9.17) is 12.2 Å². The van der Waals surface area contributed by atoms with E-state index in [1.165, 1.54) is 0 Å². The molecule has 1 aliphatic heterocycles. The Balaban J connectivity index is 2.14. The lowest BCUT2D eigenvalue weighted by molar-refractivity contribution is 0.00260. The second-order valence-corrected chi connectivity index (χ2v) is 4.12. The van der Waals surface area contributed by atoms with E-state index >= 15 is 0 Å². The fourth-order valence-corrected chi connectivity index (χ4v) is 2.09. The molecule has 0 aliphatic carbocycles. The zero-order valence-electron chi connectivity index (χ0n) is 12.2. The maximum absolute atomic E-state index is 8.07. The van der Waals surface area contributed by atoms with Crippen LogP contribution in [0.5, 0.6) is 11.5 Å². The summed E-state index contributed by atoms with van der Waals surface area (Å²) in [6.45, 7) is 1.79. The first-order chi connectivity index (χ1) is 9.62. The molecule has 0 saturated heterocycles. The van der Waals surface area contributed by atoms with Crippen LogP contribution >= 0.6 is 0 Å². The molecule has 0 aromatic heterocycles. The van der Waals surface area contributed by atoms with Crippen LogP contribution in [0, 0.1) is 0 Å². The fraction of sp³-hybridized carbons (Fsp3) is 0.250. The molecule has 3 rings (SSSR count). The van der Waals surface area contributed by atoms with Gasteiger partial charge < -0.3 is 9.47 Å². The summed E-state index contributed by atoms with van der Waals surface area (Å²) in [5.41, 5.74) is 1.86. The Morgan fingerprint density at radius 3 is 1.94 bits per heavy atom. The molecule has 0 N–H and O–H groups in total. The lowest BCUT2D eigenvalue weighted by Gasteiger charge is -2.17. The highest BCUT2D eigenvalue weighted by molar-refractivity contribution is 5.76. The number of hydrogen-bond acceptors (Lipinski definition) is 2. The maximum Gasteiger partial charge on any atom is 0.241 e. The molecule has 0 fully saturated rings. The molecule has 2 heteroatoms. The van der Waals surface area contributed by atoms with Gasteiger partial charge in [-0.25, -0.2) is 0 Å². The third-order valence-electron chi connectivity index (χ3n) is 2.90. The van der Waals surface area contributed by atoms with Gasteiger partial charge in [0.15, 0.2) is 0 Å². The molecule has 1 aliphatic rings. The molecular formula is C16H16O2. The summed E-state index contributed by atoms with van der Waals surface area (Å²) in [4.78, 5) is 0. The van der Waals surface area contributed by atoms with Gasteiger partial charge in [-0.05, 0) is 18.6 Å². The molecule has 0 bridgehead atoms. The molecule has 18 heavy (non-hydrogen) atoms. The molecule has 0 atom stereocenters. The van der Waals surface area contributed by atoms with Crippen LogP contribution in [0.15, 0.2) is 48.5 Å². The zero-order chi connectivity index (χ0) is 14.2. The molecule has 2 nitrogen and oxygen atoms in total. The van der Waals surface area contributed by atoms with E-state index in [-0.39, 0.29) is 0 Å². The van der Waals surface area contributed by atoms with Gasteiger partial charge in [-0.3, -0.25) is 0 Å². The highest BCUT2D eigenvalue weighted by Gasteiger charge is 2.21. The van der Waals surface area contributed by atoms with Gasteiger partial charge in [0.1, 0.15) is 11.5 Å². The SMILES string of the molecule is [2H]C([2H])(CC)C1Oc2ccccc2-c2ccccc2O1. The Morgan fingerprint density at radius 1 is 0.944 bits per heavy atom. The van der Waals surface area contributed by atoms with E-state index in [2.05, 4.69) is 0 Å². The molecule has 1 heterocycles. The van der Waals surface area contributed by atoms with Crippen molar-refractivity contribution in [2.45, 2.75) is 26.0 Å². The van der Waals surface area contributed by atoms with Gasteiger partial charge in [0.25, 0.3) is 0 Å². The molecule has 0 unspecified atom stereocenters. The summed E-state index contributed by atoms with van der Waals surface area (Å²) in [6, 6.07) is 15.3. The topological polar surface area (TPSA) is 18.5 Å². The van der Waals surface area contributed by atoms with Gasteiger partial charge in [-0.1, -0.05) is 43.3 Å². The number of benzene rings is 2. The van der Waals surface area contributed by atoms with Crippen molar-refractivity contribution in [1.82, 2.24) is 0 Å². The average Bonchev–Trinajstić information content (AvgIpc) is 2.64. The van der Waals surface area contributed by atoms with Crippen molar-refractivity contribution >= 4 is 0 Å². The zero-order valence-corrected chi connectivity index (χ0v) is 10.2. The minimum atomic E-state index is -1.55. The van der Waals surface area contributed by atoms with Crippen molar-refractivity contribution in [3.8, 4) is 22.6 Å². The van der Waals surface area contributed by atoms with E-state index in [0.717, 1.165) is 11.1 Å². The highest BCUT2D eigenvalue weighted by atomic mass is 16.7. The Labute approximate surface area is 110 Å².